The average molecular weight is 230 g/mol. The largest absolute Gasteiger partial charge is 0.390 e. The van der Waals surface area contributed by atoms with Crippen molar-refractivity contribution in [3.63, 3.8) is 0 Å². The van der Waals surface area contributed by atoms with Crippen molar-refractivity contribution in [2.24, 2.45) is 0 Å². The Labute approximate surface area is 96.9 Å². The lowest BCUT2D eigenvalue weighted by molar-refractivity contribution is -0.254. The van der Waals surface area contributed by atoms with Gasteiger partial charge in [0.15, 0.2) is 6.29 Å². The first-order valence-corrected chi connectivity index (χ1v) is 6.27. The van der Waals surface area contributed by atoms with Gasteiger partial charge in [0.05, 0.1) is 18.3 Å². The number of hydrogen-bond acceptors (Lipinski definition) is 4. The van der Waals surface area contributed by atoms with Crippen LogP contribution in [0.2, 0.25) is 0 Å². The van der Waals surface area contributed by atoms with E-state index in [-0.39, 0.29) is 24.6 Å². The van der Waals surface area contributed by atoms with E-state index in [0.29, 0.717) is 6.42 Å². The van der Waals surface area contributed by atoms with Crippen LogP contribution >= 0.6 is 0 Å². The monoisotopic (exact) mass is 230 g/mol. The van der Waals surface area contributed by atoms with Crippen LogP contribution in [0.5, 0.6) is 0 Å². The van der Waals surface area contributed by atoms with E-state index in [2.05, 4.69) is 0 Å². The molecule has 0 aromatic heterocycles. The second kappa shape index (κ2) is 5.45. The maximum Gasteiger partial charge on any atom is 0.158 e. The molecule has 0 aliphatic carbocycles. The molecule has 0 spiro atoms. The Morgan fingerprint density at radius 2 is 2.06 bits per heavy atom. The highest BCUT2D eigenvalue weighted by Gasteiger charge is 2.36. The normalized spacial score (nSPS) is 45.6. The summed E-state index contributed by atoms with van der Waals surface area (Å²) in [5.41, 5.74) is 0. The van der Waals surface area contributed by atoms with Gasteiger partial charge in [-0.25, -0.2) is 0 Å². The van der Waals surface area contributed by atoms with Gasteiger partial charge in [0.1, 0.15) is 6.10 Å². The molecule has 94 valence electrons. The minimum atomic E-state index is -0.440. The van der Waals surface area contributed by atoms with Crippen LogP contribution in [-0.4, -0.2) is 42.4 Å². The molecule has 4 nitrogen and oxygen atoms in total. The number of ether oxygens (including phenoxy) is 3. The molecule has 2 aliphatic rings. The topological polar surface area (TPSA) is 47.9 Å². The van der Waals surface area contributed by atoms with E-state index >= 15 is 0 Å². The predicted octanol–water partition coefficient (Wildman–Crippen LogP) is 1.46. The van der Waals surface area contributed by atoms with Gasteiger partial charge in [-0.3, -0.25) is 0 Å². The van der Waals surface area contributed by atoms with Gasteiger partial charge < -0.3 is 19.3 Å². The van der Waals surface area contributed by atoms with Crippen LogP contribution in [0.1, 0.15) is 39.5 Å². The third-order valence-electron chi connectivity index (χ3n) is 3.31. The SMILES string of the molecule is CC1O[C@H](C)C[C@@H](O)[C@@H]1O[C@H]1CCCCO1. The summed E-state index contributed by atoms with van der Waals surface area (Å²) in [4.78, 5) is 0. The highest BCUT2D eigenvalue weighted by Crippen LogP contribution is 2.25. The molecule has 0 aromatic carbocycles. The van der Waals surface area contributed by atoms with Crippen LogP contribution in [0.25, 0.3) is 0 Å². The van der Waals surface area contributed by atoms with Crippen molar-refractivity contribution in [3.05, 3.63) is 0 Å². The lowest BCUT2D eigenvalue weighted by atomic mass is 9.99. The van der Waals surface area contributed by atoms with Crippen LogP contribution in [0.3, 0.4) is 0 Å². The first-order valence-electron chi connectivity index (χ1n) is 6.27. The molecule has 5 atom stereocenters. The molecule has 1 unspecified atom stereocenters. The molecule has 16 heavy (non-hydrogen) atoms. The van der Waals surface area contributed by atoms with Crippen molar-refractivity contribution in [1.29, 1.82) is 0 Å². The van der Waals surface area contributed by atoms with Gasteiger partial charge in [-0.15, -0.1) is 0 Å². The van der Waals surface area contributed by atoms with Crippen LogP contribution in [0, 0.1) is 0 Å². The molecule has 2 saturated heterocycles. The summed E-state index contributed by atoms with van der Waals surface area (Å²) in [6.07, 6.45) is 3.00. The fraction of sp³-hybridized carbons (Fsp3) is 1.00. The van der Waals surface area contributed by atoms with Crippen molar-refractivity contribution in [1.82, 2.24) is 0 Å². The molecular weight excluding hydrogens is 208 g/mol. The highest BCUT2D eigenvalue weighted by atomic mass is 16.7. The molecule has 0 aromatic rings. The zero-order valence-electron chi connectivity index (χ0n) is 10.1. The predicted molar refractivity (Wildman–Crippen MR) is 59.1 cm³/mol. The minimum Gasteiger partial charge on any atom is -0.390 e. The van der Waals surface area contributed by atoms with Gasteiger partial charge in [0, 0.05) is 13.0 Å². The summed E-state index contributed by atoms with van der Waals surface area (Å²) in [7, 11) is 0. The molecule has 2 aliphatic heterocycles. The Bertz CT molecular complexity index is 203. The molecule has 2 fully saturated rings. The van der Waals surface area contributed by atoms with E-state index in [4.69, 9.17) is 14.2 Å². The fourth-order valence-corrected chi connectivity index (χ4v) is 2.48. The lowest BCUT2D eigenvalue weighted by Crippen LogP contribution is -2.49. The van der Waals surface area contributed by atoms with Crippen molar-refractivity contribution < 1.29 is 19.3 Å². The van der Waals surface area contributed by atoms with Gasteiger partial charge in [-0.1, -0.05) is 0 Å². The van der Waals surface area contributed by atoms with Gasteiger partial charge in [0.25, 0.3) is 0 Å². The summed E-state index contributed by atoms with van der Waals surface area (Å²) < 4.78 is 17.0. The molecule has 0 amide bonds. The number of aliphatic hydroxyl groups is 1. The smallest absolute Gasteiger partial charge is 0.158 e. The second-order valence-corrected chi connectivity index (χ2v) is 4.85. The molecule has 0 bridgehead atoms. The number of hydrogen-bond donors (Lipinski definition) is 1. The van der Waals surface area contributed by atoms with Gasteiger partial charge in [-0.05, 0) is 33.1 Å². The van der Waals surface area contributed by atoms with Crippen molar-refractivity contribution >= 4 is 0 Å². The molecule has 0 saturated carbocycles. The Hall–Kier alpha value is -0.160. The van der Waals surface area contributed by atoms with E-state index in [0.717, 1.165) is 25.9 Å². The zero-order valence-corrected chi connectivity index (χ0v) is 10.1. The van der Waals surface area contributed by atoms with Crippen LogP contribution in [0.15, 0.2) is 0 Å². The summed E-state index contributed by atoms with van der Waals surface area (Å²) in [6.45, 7) is 4.69. The molecule has 2 rings (SSSR count). The molecule has 1 N–H and O–H groups in total. The standard InChI is InChI=1S/C12H22O4/c1-8-7-10(13)12(9(2)15-8)16-11-5-3-4-6-14-11/h8-13H,3-7H2,1-2H3/t8-,9?,10-,11+,12-/m1/s1. The maximum atomic E-state index is 9.98. The van der Waals surface area contributed by atoms with Crippen molar-refractivity contribution in [2.45, 2.75) is 70.2 Å². The summed E-state index contributed by atoms with van der Waals surface area (Å²) >= 11 is 0. The van der Waals surface area contributed by atoms with E-state index in [9.17, 15) is 5.11 Å². The van der Waals surface area contributed by atoms with Crippen LogP contribution in [0.4, 0.5) is 0 Å². The third-order valence-corrected chi connectivity index (χ3v) is 3.31. The van der Waals surface area contributed by atoms with Crippen molar-refractivity contribution in [2.75, 3.05) is 6.61 Å². The zero-order chi connectivity index (χ0) is 11.5. The van der Waals surface area contributed by atoms with E-state index in [1.54, 1.807) is 0 Å². The van der Waals surface area contributed by atoms with Crippen molar-refractivity contribution in [3.8, 4) is 0 Å². The molecule has 4 heteroatoms. The molecule has 2 heterocycles. The van der Waals surface area contributed by atoms with E-state index < -0.39 is 6.10 Å². The second-order valence-electron chi connectivity index (χ2n) is 4.85. The first-order chi connectivity index (χ1) is 7.66. The third kappa shape index (κ3) is 2.94. The highest BCUT2D eigenvalue weighted by molar-refractivity contribution is 4.83. The Morgan fingerprint density at radius 3 is 2.69 bits per heavy atom. The summed E-state index contributed by atoms with van der Waals surface area (Å²) in [6, 6.07) is 0. The Morgan fingerprint density at radius 1 is 1.25 bits per heavy atom. The Balaban J connectivity index is 1.86. The summed E-state index contributed by atoms with van der Waals surface area (Å²) in [5, 5.41) is 9.98. The van der Waals surface area contributed by atoms with Crippen LogP contribution in [-0.2, 0) is 14.2 Å². The van der Waals surface area contributed by atoms with E-state index in [1.165, 1.54) is 0 Å². The quantitative estimate of drug-likeness (QED) is 0.780. The minimum absolute atomic E-state index is 0.0655. The first kappa shape index (κ1) is 12.3. The van der Waals surface area contributed by atoms with Gasteiger partial charge in [0.2, 0.25) is 0 Å². The molecule has 0 radical (unpaired) electrons. The maximum absolute atomic E-state index is 9.98. The van der Waals surface area contributed by atoms with Crippen LogP contribution < -0.4 is 0 Å². The lowest BCUT2D eigenvalue weighted by Gasteiger charge is -2.39. The number of aliphatic hydroxyl groups excluding tert-OH is 1. The van der Waals surface area contributed by atoms with E-state index in [1.807, 2.05) is 13.8 Å². The van der Waals surface area contributed by atoms with Gasteiger partial charge >= 0.3 is 0 Å². The average Bonchev–Trinajstić information content (AvgIpc) is 2.25. The summed E-state index contributed by atoms with van der Waals surface area (Å²) in [5.74, 6) is 0. The Kier molecular flexibility index (Phi) is 4.19. The number of rotatable bonds is 2. The fourth-order valence-electron chi connectivity index (χ4n) is 2.48. The molecular formula is C12H22O4. The van der Waals surface area contributed by atoms with Gasteiger partial charge in [-0.2, -0.15) is 0 Å².